The number of nitrogens with zero attached hydrogens (tertiary/aromatic N) is 1. The van der Waals surface area contributed by atoms with E-state index in [0.717, 1.165) is 30.8 Å². The number of aromatic nitrogens is 1. The first kappa shape index (κ1) is 11.9. The molecular weight excluding hydrogens is 216 g/mol. The second-order valence-electron chi connectivity index (χ2n) is 4.20. The summed E-state index contributed by atoms with van der Waals surface area (Å²) in [5.74, 6) is 0.101. The highest BCUT2D eigenvalue weighted by Crippen LogP contribution is 2.10. The van der Waals surface area contributed by atoms with Gasteiger partial charge in [0.2, 0.25) is 5.91 Å². The minimum absolute atomic E-state index is 0.0256. The van der Waals surface area contributed by atoms with Crippen LogP contribution in [0, 0.1) is 6.92 Å². The van der Waals surface area contributed by atoms with Crippen LogP contribution in [0.5, 0.6) is 0 Å². The highest BCUT2D eigenvalue weighted by molar-refractivity contribution is 5.82. The number of nitrogens with one attached hydrogen (secondary N) is 3. The summed E-state index contributed by atoms with van der Waals surface area (Å²) in [6.45, 7) is 4.32. The van der Waals surface area contributed by atoms with Gasteiger partial charge in [-0.3, -0.25) is 9.78 Å². The second-order valence-corrected chi connectivity index (χ2v) is 4.20. The Morgan fingerprint density at radius 3 is 3.06 bits per heavy atom. The van der Waals surface area contributed by atoms with Crippen molar-refractivity contribution in [2.24, 2.45) is 0 Å². The van der Waals surface area contributed by atoms with Crippen LogP contribution in [0.4, 0.5) is 5.69 Å². The Labute approximate surface area is 101 Å². The van der Waals surface area contributed by atoms with Crippen molar-refractivity contribution in [3.05, 3.63) is 24.0 Å². The SMILES string of the molecule is Cc1cnccc1NCCNC(=O)[C@@H]1CCN1. The topological polar surface area (TPSA) is 66.0 Å². The van der Waals surface area contributed by atoms with Gasteiger partial charge in [-0.2, -0.15) is 0 Å². The standard InChI is InChI=1S/C12H18N4O/c1-9-8-13-4-2-10(9)15-6-7-16-12(17)11-3-5-14-11/h2,4,8,11,14H,3,5-7H2,1H3,(H,13,15)(H,16,17)/t11-/m0/s1. The average Bonchev–Trinajstić information content (AvgIpc) is 2.24. The maximum Gasteiger partial charge on any atom is 0.237 e. The first-order valence-corrected chi connectivity index (χ1v) is 5.93. The van der Waals surface area contributed by atoms with E-state index in [4.69, 9.17) is 0 Å². The molecule has 2 heterocycles. The number of aryl methyl sites for hydroxylation is 1. The van der Waals surface area contributed by atoms with E-state index in [9.17, 15) is 4.79 Å². The first-order chi connectivity index (χ1) is 8.27. The third-order valence-corrected chi connectivity index (χ3v) is 2.90. The third-order valence-electron chi connectivity index (χ3n) is 2.90. The lowest BCUT2D eigenvalue weighted by Gasteiger charge is -2.26. The molecule has 1 aliphatic heterocycles. The van der Waals surface area contributed by atoms with Crippen molar-refractivity contribution < 1.29 is 4.79 Å². The van der Waals surface area contributed by atoms with Crippen LogP contribution in [-0.2, 0) is 4.79 Å². The van der Waals surface area contributed by atoms with Crippen LogP contribution in [0.25, 0.3) is 0 Å². The molecule has 0 aliphatic carbocycles. The van der Waals surface area contributed by atoms with Gasteiger partial charge < -0.3 is 16.0 Å². The Morgan fingerprint density at radius 2 is 2.41 bits per heavy atom. The summed E-state index contributed by atoms with van der Waals surface area (Å²) < 4.78 is 0. The monoisotopic (exact) mass is 234 g/mol. The molecule has 1 aromatic heterocycles. The Kier molecular flexibility index (Phi) is 3.93. The van der Waals surface area contributed by atoms with Gasteiger partial charge in [-0.1, -0.05) is 0 Å². The average molecular weight is 234 g/mol. The van der Waals surface area contributed by atoms with Gasteiger partial charge in [0.25, 0.3) is 0 Å². The van der Waals surface area contributed by atoms with E-state index >= 15 is 0 Å². The summed E-state index contributed by atoms with van der Waals surface area (Å²) in [4.78, 5) is 15.5. The molecule has 0 radical (unpaired) electrons. The molecule has 1 aromatic rings. The van der Waals surface area contributed by atoms with Gasteiger partial charge in [0.15, 0.2) is 0 Å². The van der Waals surface area contributed by atoms with Gasteiger partial charge in [0, 0.05) is 31.2 Å². The largest absolute Gasteiger partial charge is 0.383 e. The molecule has 1 fully saturated rings. The molecule has 1 aliphatic rings. The number of rotatable bonds is 5. The fourth-order valence-corrected chi connectivity index (χ4v) is 1.69. The molecule has 92 valence electrons. The summed E-state index contributed by atoms with van der Waals surface area (Å²) in [7, 11) is 0. The summed E-state index contributed by atoms with van der Waals surface area (Å²) in [6.07, 6.45) is 4.52. The Balaban J connectivity index is 1.66. The van der Waals surface area contributed by atoms with Gasteiger partial charge in [0.1, 0.15) is 0 Å². The minimum Gasteiger partial charge on any atom is -0.383 e. The highest BCUT2D eigenvalue weighted by Gasteiger charge is 2.23. The molecule has 0 aromatic carbocycles. The number of anilines is 1. The van der Waals surface area contributed by atoms with Crippen LogP contribution < -0.4 is 16.0 Å². The lowest BCUT2D eigenvalue weighted by atomic mass is 10.1. The molecule has 1 saturated heterocycles. The number of hydrogen-bond donors (Lipinski definition) is 3. The molecule has 5 heteroatoms. The lowest BCUT2D eigenvalue weighted by Crippen LogP contribution is -2.53. The van der Waals surface area contributed by atoms with Crippen molar-refractivity contribution >= 4 is 11.6 Å². The normalized spacial score (nSPS) is 18.3. The molecular formula is C12H18N4O. The van der Waals surface area contributed by atoms with E-state index in [-0.39, 0.29) is 11.9 Å². The van der Waals surface area contributed by atoms with Crippen LogP contribution in [0.1, 0.15) is 12.0 Å². The molecule has 1 amide bonds. The number of carbonyl (C=O) groups excluding carboxylic acids is 1. The smallest absolute Gasteiger partial charge is 0.237 e. The number of carbonyl (C=O) groups is 1. The van der Waals surface area contributed by atoms with Crippen LogP contribution in [0.15, 0.2) is 18.5 Å². The van der Waals surface area contributed by atoms with Gasteiger partial charge in [-0.25, -0.2) is 0 Å². The van der Waals surface area contributed by atoms with Crippen LogP contribution in [-0.4, -0.2) is 36.6 Å². The Morgan fingerprint density at radius 1 is 1.59 bits per heavy atom. The van der Waals surface area contributed by atoms with Crippen LogP contribution in [0.3, 0.4) is 0 Å². The second kappa shape index (κ2) is 5.63. The number of hydrogen-bond acceptors (Lipinski definition) is 4. The van der Waals surface area contributed by atoms with Crippen molar-refractivity contribution in [2.75, 3.05) is 25.0 Å². The maximum atomic E-state index is 11.5. The van der Waals surface area contributed by atoms with Crippen molar-refractivity contribution in [3.63, 3.8) is 0 Å². The molecule has 3 N–H and O–H groups in total. The summed E-state index contributed by atoms with van der Waals surface area (Å²) in [5.41, 5.74) is 2.18. The van der Waals surface area contributed by atoms with Crippen LogP contribution >= 0.6 is 0 Å². The van der Waals surface area contributed by atoms with Gasteiger partial charge in [-0.05, 0) is 31.5 Å². The summed E-state index contributed by atoms with van der Waals surface area (Å²) in [5, 5.41) is 9.24. The maximum absolute atomic E-state index is 11.5. The number of pyridine rings is 1. The fourth-order valence-electron chi connectivity index (χ4n) is 1.69. The number of amides is 1. The molecule has 2 rings (SSSR count). The van der Waals surface area contributed by atoms with Crippen molar-refractivity contribution in [2.45, 2.75) is 19.4 Å². The van der Waals surface area contributed by atoms with Crippen LogP contribution in [0.2, 0.25) is 0 Å². The molecule has 0 unspecified atom stereocenters. The quantitative estimate of drug-likeness (QED) is 0.640. The predicted molar refractivity (Wildman–Crippen MR) is 66.9 cm³/mol. The Hall–Kier alpha value is -1.62. The molecule has 0 bridgehead atoms. The zero-order valence-electron chi connectivity index (χ0n) is 9.99. The molecule has 1 atom stereocenters. The molecule has 0 saturated carbocycles. The zero-order chi connectivity index (χ0) is 12.1. The summed E-state index contributed by atoms with van der Waals surface area (Å²) in [6, 6.07) is 1.96. The minimum atomic E-state index is 0.0256. The summed E-state index contributed by atoms with van der Waals surface area (Å²) >= 11 is 0. The Bertz CT molecular complexity index is 390. The van der Waals surface area contributed by atoms with E-state index in [1.54, 1.807) is 6.20 Å². The molecule has 0 spiro atoms. The first-order valence-electron chi connectivity index (χ1n) is 5.93. The van der Waals surface area contributed by atoms with E-state index in [0.29, 0.717) is 6.54 Å². The van der Waals surface area contributed by atoms with Gasteiger partial charge in [0.05, 0.1) is 6.04 Å². The molecule has 17 heavy (non-hydrogen) atoms. The lowest BCUT2D eigenvalue weighted by molar-refractivity contribution is -0.124. The predicted octanol–water partition coefficient (Wildman–Crippen LogP) is 0.280. The van der Waals surface area contributed by atoms with E-state index in [1.807, 2.05) is 19.2 Å². The van der Waals surface area contributed by atoms with Gasteiger partial charge in [-0.15, -0.1) is 0 Å². The van der Waals surface area contributed by atoms with Crippen molar-refractivity contribution in [1.29, 1.82) is 0 Å². The zero-order valence-corrected chi connectivity index (χ0v) is 9.99. The van der Waals surface area contributed by atoms with Crippen molar-refractivity contribution in [3.8, 4) is 0 Å². The van der Waals surface area contributed by atoms with Gasteiger partial charge >= 0.3 is 0 Å². The van der Waals surface area contributed by atoms with E-state index in [1.165, 1.54) is 0 Å². The fraction of sp³-hybridized carbons (Fsp3) is 0.500. The molecule has 5 nitrogen and oxygen atoms in total. The highest BCUT2D eigenvalue weighted by atomic mass is 16.2. The van der Waals surface area contributed by atoms with E-state index < -0.39 is 0 Å². The van der Waals surface area contributed by atoms with Crippen molar-refractivity contribution in [1.82, 2.24) is 15.6 Å². The third kappa shape index (κ3) is 3.17. The van der Waals surface area contributed by atoms with E-state index in [2.05, 4.69) is 20.9 Å².